The summed E-state index contributed by atoms with van der Waals surface area (Å²) in [5, 5.41) is 3.09. The van der Waals surface area contributed by atoms with Gasteiger partial charge < -0.3 is 14.8 Å². The van der Waals surface area contributed by atoms with E-state index in [4.69, 9.17) is 9.47 Å². The van der Waals surface area contributed by atoms with Gasteiger partial charge in [-0.3, -0.25) is 9.69 Å². The molecule has 0 aliphatic carbocycles. The predicted octanol–water partition coefficient (Wildman–Crippen LogP) is 4.37. The third kappa shape index (κ3) is 4.75. The Morgan fingerprint density at radius 1 is 1.03 bits per heavy atom. The first-order chi connectivity index (χ1) is 15.6. The number of carbonyl (C=O) groups is 1. The van der Waals surface area contributed by atoms with Crippen LogP contribution in [0.1, 0.15) is 33.1 Å². The van der Waals surface area contributed by atoms with Gasteiger partial charge in [-0.25, -0.2) is 4.39 Å². The number of nitrogens with one attached hydrogen (secondary N) is 1. The van der Waals surface area contributed by atoms with Crippen molar-refractivity contribution in [2.24, 2.45) is 0 Å². The summed E-state index contributed by atoms with van der Waals surface area (Å²) in [5.41, 5.74) is 3.93. The summed E-state index contributed by atoms with van der Waals surface area (Å²) in [6.07, 6.45) is 0.847. The third-order valence-electron chi connectivity index (χ3n) is 5.90. The van der Waals surface area contributed by atoms with Crippen molar-refractivity contribution in [2.75, 3.05) is 27.3 Å². The van der Waals surface area contributed by atoms with Crippen molar-refractivity contribution in [3.8, 4) is 11.5 Å². The second-order valence-corrected chi connectivity index (χ2v) is 7.84. The molecule has 1 aliphatic rings. The van der Waals surface area contributed by atoms with Gasteiger partial charge in [0.1, 0.15) is 5.82 Å². The number of benzene rings is 3. The highest BCUT2D eigenvalue weighted by molar-refractivity contribution is 5.94. The van der Waals surface area contributed by atoms with E-state index in [-0.39, 0.29) is 17.8 Å². The average Bonchev–Trinajstić information content (AvgIpc) is 2.84. The van der Waals surface area contributed by atoms with E-state index in [1.54, 1.807) is 38.5 Å². The summed E-state index contributed by atoms with van der Waals surface area (Å²) in [4.78, 5) is 15.0. The minimum absolute atomic E-state index is 0.0590. The molecule has 1 amide bonds. The van der Waals surface area contributed by atoms with Crippen LogP contribution in [0.3, 0.4) is 0 Å². The first-order valence-corrected chi connectivity index (χ1v) is 10.7. The number of hydrogen-bond acceptors (Lipinski definition) is 4. The second kappa shape index (κ2) is 9.83. The van der Waals surface area contributed by atoms with E-state index in [1.807, 2.05) is 30.3 Å². The molecule has 0 saturated heterocycles. The molecule has 0 fully saturated rings. The molecule has 0 radical (unpaired) electrons. The van der Waals surface area contributed by atoms with E-state index in [1.165, 1.54) is 17.7 Å². The Morgan fingerprint density at radius 2 is 1.72 bits per heavy atom. The van der Waals surface area contributed by atoms with Crippen LogP contribution < -0.4 is 14.8 Å². The molecule has 4 rings (SSSR count). The Hall–Kier alpha value is -3.38. The molecule has 1 heterocycles. The van der Waals surface area contributed by atoms with Crippen LogP contribution in [0.25, 0.3) is 0 Å². The van der Waals surface area contributed by atoms with Crippen molar-refractivity contribution in [3.63, 3.8) is 0 Å². The van der Waals surface area contributed by atoms with Crippen LogP contribution in [-0.4, -0.2) is 38.1 Å². The summed E-state index contributed by atoms with van der Waals surface area (Å²) in [5.74, 6) is 1.00. The van der Waals surface area contributed by atoms with E-state index in [0.717, 1.165) is 24.1 Å². The molecule has 1 atom stereocenters. The highest BCUT2D eigenvalue weighted by Gasteiger charge is 2.29. The van der Waals surface area contributed by atoms with Crippen LogP contribution in [0.5, 0.6) is 11.5 Å². The maximum atomic E-state index is 13.4. The van der Waals surface area contributed by atoms with Crippen LogP contribution in [-0.2, 0) is 13.0 Å². The fourth-order valence-corrected chi connectivity index (χ4v) is 4.21. The molecule has 0 spiro atoms. The van der Waals surface area contributed by atoms with Gasteiger partial charge in [-0.1, -0.05) is 30.3 Å². The summed E-state index contributed by atoms with van der Waals surface area (Å²) in [7, 11) is 3.25. The lowest BCUT2D eigenvalue weighted by Gasteiger charge is -2.38. The zero-order valence-electron chi connectivity index (χ0n) is 18.3. The van der Waals surface area contributed by atoms with Crippen molar-refractivity contribution < 1.29 is 18.7 Å². The van der Waals surface area contributed by atoms with Gasteiger partial charge in [0.2, 0.25) is 0 Å². The second-order valence-electron chi connectivity index (χ2n) is 7.84. The zero-order chi connectivity index (χ0) is 22.5. The monoisotopic (exact) mass is 434 g/mol. The number of hydrogen-bond donors (Lipinski definition) is 1. The van der Waals surface area contributed by atoms with Gasteiger partial charge in [0.15, 0.2) is 11.5 Å². The number of fused-ring (bicyclic) bond motifs is 1. The van der Waals surface area contributed by atoms with Gasteiger partial charge in [-0.15, -0.1) is 0 Å². The zero-order valence-corrected chi connectivity index (χ0v) is 18.3. The quantitative estimate of drug-likeness (QED) is 0.600. The first-order valence-electron chi connectivity index (χ1n) is 10.7. The Labute approximate surface area is 187 Å². The highest BCUT2D eigenvalue weighted by atomic mass is 19.1. The van der Waals surface area contributed by atoms with Crippen LogP contribution in [0.2, 0.25) is 0 Å². The minimum atomic E-state index is -0.249. The number of halogens is 1. The maximum absolute atomic E-state index is 13.4. The Balaban J connectivity index is 1.62. The van der Waals surface area contributed by atoms with Crippen LogP contribution in [0.4, 0.5) is 4.39 Å². The molecule has 0 saturated carbocycles. The van der Waals surface area contributed by atoms with Crippen molar-refractivity contribution in [2.45, 2.75) is 19.0 Å². The number of ether oxygens (including phenoxy) is 2. The Bertz CT molecular complexity index is 1070. The Morgan fingerprint density at radius 3 is 2.41 bits per heavy atom. The summed E-state index contributed by atoms with van der Waals surface area (Å²) in [6, 6.07) is 19.7. The molecule has 1 aliphatic heterocycles. The van der Waals surface area contributed by atoms with E-state index < -0.39 is 0 Å². The molecular formula is C26H27FN2O3. The van der Waals surface area contributed by atoms with E-state index in [2.05, 4.69) is 10.2 Å². The molecule has 5 nitrogen and oxygen atoms in total. The number of nitrogens with zero attached hydrogens (tertiary/aromatic N) is 1. The van der Waals surface area contributed by atoms with Gasteiger partial charge in [0.05, 0.1) is 20.3 Å². The molecule has 0 aromatic heterocycles. The fourth-order valence-electron chi connectivity index (χ4n) is 4.21. The van der Waals surface area contributed by atoms with Crippen LogP contribution in [0, 0.1) is 5.82 Å². The molecule has 32 heavy (non-hydrogen) atoms. The van der Waals surface area contributed by atoms with E-state index in [9.17, 15) is 9.18 Å². The third-order valence-corrected chi connectivity index (χ3v) is 5.90. The van der Waals surface area contributed by atoms with Gasteiger partial charge >= 0.3 is 0 Å². The maximum Gasteiger partial charge on any atom is 0.251 e. The molecular weight excluding hydrogens is 407 g/mol. The van der Waals surface area contributed by atoms with Gasteiger partial charge in [0, 0.05) is 25.2 Å². The number of amides is 1. The van der Waals surface area contributed by atoms with E-state index >= 15 is 0 Å². The smallest absolute Gasteiger partial charge is 0.251 e. The van der Waals surface area contributed by atoms with Crippen molar-refractivity contribution >= 4 is 5.91 Å². The number of rotatable bonds is 7. The number of methoxy groups -OCH3 is 2. The number of carbonyl (C=O) groups excluding carboxylic acids is 1. The van der Waals surface area contributed by atoms with Crippen molar-refractivity contribution in [1.29, 1.82) is 0 Å². The lowest BCUT2D eigenvalue weighted by Crippen LogP contribution is -2.41. The van der Waals surface area contributed by atoms with Gasteiger partial charge in [-0.2, -0.15) is 0 Å². The standard InChI is InChI=1S/C26H27FN2O3/c1-31-24-14-20-12-13-29(17-18-8-10-21(27)11-9-18)23(22(20)15-25(24)32-2)16-28-26(30)19-6-4-3-5-7-19/h3-11,14-15,23H,12-13,16-17H2,1-2H3,(H,28,30). The topological polar surface area (TPSA) is 50.8 Å². The fraction of sp³-hybridized carbons (Fsp3) is 0.269. The van der Waals surface area contributed by atoms with Crippen molar-refractivity contribution in [3.05, 3.63) is 94.8 Å². The normalized spacial score (nSPS) is 15.7. The highest BCUT2D eigenvalue weighted by Crippen LogP contribution is 2.38. The van der Waals surface area contributed by atoms with Gasteiger partial charge in [0.25, 0.3) is 5.91 Å². The first kappa shape index (κ1) is 21.8. The van der Waals surface area contributed by atoms with Crippen molar-refractivity contribution in [1.82, 2.24) is 10.2 Å². The average molecular weight is 435 g/mol. The summed E-state index contributed by atoms with van der Waals surface area (Å²) >= 11 is 0. The molecule has 6 heteroatoms. The van der Waals surface area contributed by atoms with Gasteiger partial charge in [-0.05, 0) is 59.5 Å². The predicted molar refractivity (Wildman–Crippen MR) is 122 cm³/mol. The molecule has 3 aromatic rings. The molecule has 3 aromatic carbocycles. The Kier molecular flexibility index (Phi) is 6.71. The largest absolute Gasteiger partial charge is 0.493 e. The summed E-state index contributed by atoms with van der Waals surface area (Å²) in [6.45, 7) is 1.91. The van der Waals surface area contributed by atoms with Crippen LogP contribution >= 0.6 is 0 Å². The lowest BCUT2D eigenvalue weighted by atomic mass is 9.91. The molecule has 1 unspecified atom stereocenters. The molecule has 0 bridgehead atoms. The summed E-state index contributed by atoms with van der Waals surface area (Å²) < 4.78 is 24.4. The SMILES string of the molecule is COc1cc2c(cc1OC)C(CNC(=O)c1ccccc1)N(Cc1ccc(F)cc1)CC2. The molecule has 1 N–H and O–H groups in total. The lowest BCUT2D eigenvalue weighted by molar-refractivity contribution is 0.0925. The molecule has 166 valence electrons. The van der Waals surface area contributed by atoms with E-state index in [0.29, 0.717) is 30.2 Å². The van der Waals surface area contributed by atoms with Crippen LogP contribution in [0.15, 0.2) is 66.7 Å². The minimum Gasteiger partial charge on any atom is -0.493 e.